The highest BCUT2D eigenvalue weighted by Crippen LogP contribution is 2.23. The van der Waals surface area contributed by atoms with E-state index in [1.54, 1.807) is 26.0 Å². The van der Waals surface area contributed by atoms with Crippen LogP contribution < -0.4 is 10.6 Å². The number of nitrogens with one attached hydrogen (secondary N) is 2. The first-order chi connectivity index (χ1) is 8.48. The number of amides is 1. The lowest BCUT2D eigenvalue weighted by Crippen LogP contribution is -2.41. The number of hydrogen-bond acceptors (Lipinski definition) is 2. The van der Waals surface area contributed by atoms with Gasteiger partial charge in [0.25, 0.3) is 0 Å². The Hall–Kier alpha value is -1.42. The Morgan fingerprint density at radius 2 is 2.06 bits per heavy atom. The number of halogens is 1. The van der Waals surface area contributed by atoms with Gasteiger partial charge in [-0.2, -0.15) is 0 Å². The minimum Gasteiger partial charge on any atom is -0.355 e. The van der Waals surface area contributed by atoms with Crippen molar-refractivity contribution in [2.75, 3.05) is 20.1 Å². The summed E-state index contributed by atoms with van der Waals surface area (Å²) >= 11 is 0. The Morgan fingerprint density at radius 3 is 2.67 bits per heavy atom. The predicted molar refractivity (Wildman–Crippen MR) is 71.0 cm³/mol. The third-order valence-corrected chi connectivity index (χ3v) is 3.00. The van der Waals surface area contributed by atoms with E-state index in [0.29, 0.717) is 12.1 Å². The largest absolute Gasteiger partial charge is 0.355 e. The van der Waals surface area contributed by atoms with Crippen molar-refractivity contribution >= 4 is 5.91 Å². The zero-order valence-corrected chi connectivity index (χ0v) is 11.2. The Balaban J connectivity index is 2.65. The summed E-state index contributed by atoms with van der Waals surface area (Å²) in [5, 5.41) is 5.89. The Bertz CT molecular complexity index is 405. The summed E-state index contributed by atoms with van der Waals surface area (Å²) in [6, 6.07) is 6.19. The van der Waals surface area contributed by atoms with Crippen molar-refractivity contribution in [3.63, 3.8) is 0 Å². The average molecular weight is 252 g/mol. The first kappa shape index (κ1) is 14.6. The molecule has 4 heteroatoms. The molecule has 1 rings (SSSR count). The molecule has 2 N–H and O–H groups in total. The molecule has 0 spiro atoms. The van der Waals surface area contributed by atoms with Gasteiger partial charge in [0.1, 0.15) is 5.82 Å². The van der Waals surface area contributed by atoms with E-state index in [4.69, 9.17) is 0 Å². The molecular formula is C14H21FN2O. The van der Waals surface area contributed by atoms with Crippen molar-refractivity contribution in [1.82, 2.24) is 10.6 Å². The number of benzene rings is 1. The van der Waals surface area contributed by atoms with Gasteiger partial charge in [-0.15, -0.1) is 0 Å². The summed E-state index contributed by atoms with van der Waals surface area (Å²) < 4.78 is 13.2. The monoisotopic (exact) mass is 252 g/mol. The number of carbonyl (C=O) groups is 1. The van der Waals surface area contributed by atoms with Gasteiger partial charge in [-0.1, -0.05) is 12.1 Å². The summed E-state index contributed by atoms with van der Waals surface area (Å²) in [5.74, 6) is -0.396. The molecule has 100 valence electrons. The van der Waals surface area contributed by atoms with E-state index in [1.807, 2.05) is 7.05 Å². The van der Waals surface area contributed by atoms with Crippen molar-refractivity contribution in [2.24, 2.45) is 0 Å². The summed E-state index contributed by atoms with van der Waals surface area (Å²) in [5.41, 5.74) is -0.0320. The van der Waals surface area contributed by atoms with Crippen LogP contribution in [0.5, 0.6) is 0 Å². The molecule has 0 atom stereocenters. The molecule has 1 aromatic rings. The lowest BCUT2D eigenvalue weighted by atomic mass is 9.83. The third kappa shape index (κ3) is 3.81. The minimum absolute atomic E-state index is 0.0794. The van der Waals surface area contributed by atoms with Crippen molar-refractivity contribution in [3.05, 3.63) is 35.6 Å². The Labute approximate surface area is 108 Å². The molecule has 0 radical (unpaired) electrons. The highest BCUT2D eigenvalue weighted by molar-refractivity contribution is 5.87. The van der Waals surface area contributed by atoms with E-state index in [-0.39, 0.29) is 11.7 Å². The summed E-state index contributed by atoms with van der Waals surface area (Å²) in [7, 11) is 1.87. The van der Waals surface area contributed by atoms with Crippen LogP contribution in [0.3, 0.4) is 0 Å². The second kappa shape index (κ2) is 6.50. The van der Waals surface area contributed by atoms with Crippen LogP contribution >= 0.6 is 0 Å². The quantitative estimate of drug-likeness (QED) is 0.758. The normalized spacial score (nSPS) is 11.3. The van der Waals surface area contributed by atoms with Crippen molar-refractivity contribution < 1.29 is 9.18 Å². The lowest BCUT2D eigenvalue weighted by Gasteiger charge is -2.24. The van der Waals surface area contributed by atoms with Gasteiger partial charge in [-0.25, -0.2) is 4.39 Å². The molecule has 1 aromatic carbocycles. The average Bonchev–Trinajstić information content (AvgIpc) is 2.34. The van der Waals surface area contributed by atoms with Crippen LogP contribution in [0, 0.1) is 5.82 Å². The standard InChI is InChI=1S/C14H21FN2O/c1-14(2,11-6-4-7-12(15)10-11)13(18)17-9-5-8-16-3/h4,6-7,10,16H,5,8-9H2,1-3H3,(H,17,18). The van der Waals surface area contributed by atoms with E-state index in [2.05, 4.69) is 10.6 Å². The third-order valence-electron chi connectivity index (χ3n) is 3.00. The van der Waals surface area contributed by atoms with Gasteiger partial charge in [-0.3, -0.25) is 4.79 Å². The SMILES string of the molecule is CNCCCNC(=O)C(C)(C)c1cccc(F)c1. The molecule has 0 bridgehead atoms. The van der Waals surface area contributed by atoms with Crippen LogP contribution in [0.15, 0.2) is 24.3 Å². The molecule has 3 nitrogen and oxygen atoms in total. The molecule has 18 heavy (non-hydrogen) atoms. The summed E-state index contributed by atoms with van der Waals surface area (Å²) in [6.07, 6.45) is 0.876. The van der Waals surface area contributed by atoms with Crippen LogP contribution in [0.1, 0.15) is 25.8 Å². The molecule has 0 saturated carbocycles. The van der Waals surface area contributed by atoms with E-state index >= 15 is 0 Å². The van der Waals surface area contributed by atoms with E-state index in [0.717, 1.165) is 13.0 Å². The van der Waals surface area contributed by atoms with Crippen LogP contribution in [0.25, 0.3) is 0 Å². The van der Waals surface area contributed by atoms with Crippen LogP contribution in [-0.2, 0) is 10.2 Å². The molecule has 0 saturated heterocycles. The highest BCUT2D eigenvalue weighted by atomic mass is 19.1. The summed E-state index contributed by atoms with van der Waals surface area (Å²) in [4.78, 5) is 12.1. The van der Waals surface area contributed by atoms with Crippen molar-refractivity contribution in [3.8, 4) is 0 Å². The maximum Gasteiger partial charge on any atom is 0.230 e. The fraction of sp³-hybridized carbons (Fsp3) is 0.500. The molecule has 0 aliphatic rings. The van der Waals surface area contributed by atoms with Crippen LogP contribution in [0.4, 0.5) is 4.39 Å². The fourth-order valence-electron chi connectivity index (χ4n) is 1.70. The molecule has 0 aromatic heterocycles. The van der Waals surface area contributed by atoms with E-state index in [1.165, 1.54) is 12.1 Å². The van der Waals surface area contributed by atoms with Gasteiger partial charge in [0.2, 0.25) is 5.91 Å². The van der Waals surface area contributed by atoms with E-state index in [9.17, 15) is 9.18 Å². The lowest BCUT2D eigenvalue weighted by molar-refractivity contribution is -0.125. The second-order valence-electron chi connectivity index (χ2n) is 4.85. The Morgan fingerprint density at radius 1 is 1.33 bits per heavy atom. The summed E-state index contributed by atoms with van der Waals surface area (Å²) in [6.45, 7) is 5.09. The van der Waals surface area contributed by atoms with Gasteiger partial charge in [-0.05, 0) is 51.6 Å². The number of carbonyl (C=O) groups excluding carboxylic acids is 1. The highest BCUT2D eigenvalue weighted by Gasteiger charge is 2.29. The predicted octanol–water partition coefficient (Wildman–Crippen LogP) is 1.83. The van der Waals surface area contributed by atoms with Gasteiger partial charge < -0.3 is 10.6 Å². The molecule has 0 unspecified atom stereocenters. The maximum atomic E-state index is 13.2. The smallest absolute Gasteiger partial charge is 0.230 e. The minimum atomic E-state index is -0.720. The topological polar surface area (TPSA) is 41.1 Å². The first-order valence-electron chi connectivity index (χ1n) is 6.17. The maximum absolute atomic E-state index is 13.2. The molecule has 0 aliphatic heterocycles. The van der Waals surface area contributed by atoms with Gasteiger partial charge in [0, 0.05) is 6.54 Å². The zero-order valence-electron chi connectivity index (χ0n) is 11.2. The van der Waals surface area contributed by atoms with Gasteiger partial charge >= 0.3 is 0 Å². The van der Waals surface area contributed by atoms with Crippen molar-refractivity contribution in [1.29, 1.82) is 0 Å². The molecular weight excluding hydrogens is 231 g/mol. The van der Waals surface area contributed by atoms with Crippen molar-refractivity contribution in [2.45, 2.75) is 25.7 Å². The first-order valence-corrected chi connectivity index (χ1v) is 6.17. The zero-order chi connectivity index (χ0) is 13.6. The van der Waals surface area contributed by atoms with Crippen LogP contribution in [-0.4, -0.2) is 26.0 Å². The van der Waals surface area contributed by atoms with Gasteiger partial charge in [0.15, 0.2) is 0 Å². The fourth-order valence-corrected chi connectivity index (χ4v) is 1.70. The van der Waals surface area contributed by atoms with Crippen LogP contribution in [0.2, 0.25) is 0 Å². The molecule has 0 fully saturated rings. The molecule has 1 amide bonds. The Kier molecular flexibility index (Phi) is 5.28. The number of rotatable bonds is 6. The number of hydrogen-bond donors (Lipinski definition) is 2. The second-order valence-corrected chi connectivity index (χ2v) is 4.85. The van der Waals surface area contributed by atoms with E-state index < -0.39 is 5.41 Å². The molecule has 0 heterocycles. The van der Waals surface area contributed by atoms with Gasteiger partial charge in [0.05, 0.1) is 5.41 Å². The molecule has 0 aliphatic carbocycles.